The number of hydrogen-bond donors (Lipinski definition) is 3. The first-order chi connectivity index (χ1) is 9.28. The molecule has 1 heterocycles. The van der Waals surface area contributed by atoms with Crippen molar-refractivity contribution < 1.29 is 24.9 Å². The van der Waals surface area contributed by atoms with E-state index in [0.717, 1.165) is 19.3 Å². The predicted octanol–water partition coefficient (Wildman–Crippen LogP) is 1.48. The summed E-state index contributed by atoms with van der Waals surface area (Å²) in [6.07, 6.45) is 5.05. The summed E-state index contributed by atoms with van der Waals surface area (Å²) in [7, 11) is 0. The van der Waals surface area contributed by atoms with Crippen molar-refractivity contribution in [1.29, 1.82) is 0 Å². The van der Waals surface area contributed by atoms with Crippen LogP contribution in [-0.4, -0.2) is 45.2 Å². The van der Waals surface area contributed by atoms with E-state index in [1.165, 1.54) is 0 Å². The van der Waals surface area contributed by atoms with Crippen LogP contribution in [0.3, 0.4) is 0 Å². The number of rotatable bonds is 4. The van der Waals surface area contributed by atoms with E-state index in [2.05, 4.69) is 0 Å². The number of carbonyl (C=O) groups is 1. The molecule has 2 aliphatic rings. The van der Waals surface area contributed by atoms with Crippen molar-refractivity contribution in [3.05, 3.63) is 11.6 Å². The number of allylic oxidation sites excluding steroid dienone is 1. The smallest absolute Gasteiger partial charge is 0.331 e. The summed E-state index contributed by atoms with van der Waals surface area (Å²) >= 11 is 0. The number of aliphatic hydroxyl groups is 2. The maximum absolute atomic E-state index is 10.9. The molecule has 0 aromatic rings. The lowest BCUT2D eigenvalue weighted by Gasteiger charge is -2.37. The molecule has 5 nitrogen and oxygen atoms in total. The first-order valence-corrected chi connectivity index (χ1v) is 7.22. The Bertz CT molecular complexity index is 414. The molecule has 1 saturated heterocycles. The van der Waals surface area contributed by atoms with Crippen LogP contribution >= 0.6 is 0 Å². The van der Waals surface area contributed by atoms with Gasteiger partial charge in [-0.25, -0.2) is 4.79 Å². The third kappa shape index (κ3) is 2.90. The molecule has 114 valence electrons. The molecule has 0 aromatic heterocycles. The van der Waals surface area contributed by atoms with Crippen molar-refractivity contribution >= 4 is 5.97 Å². The summed E-state index contributed by atoms with van der Waals surface area (Å²) in [5, 5.41) is 28.3. The third-order valence-corrected chi connectivity index (χ3v) is 4.88. The molecule has 0 spiro atoms. The highest BCUT2D eigenvalue weighted by Gasteiger charge is 2.48. The van der Waals surface area contributed by atoms with Crippen LogP contribution in [0.2, 0.25) is 0 Å². The molecule has 4 atom stereocenters. The molecule has 0 saturated carbocycles. The molecule has 0 aromatic carbocycles. The van der Waals surface area contributed by atoms with E-state index in [1.807, 2.05) is 6.92 Å². The zero-order valence-corrected chi connectivity index (χ0v) is 12.1. The van der Waals surface area contributed by atoms with E-state index in [0.29, 0.717) is 18.4 Å². The summed E-state index contributed by atoms with van der Waals surface area (Å²) < 4.78 is 6.05. The second kappa shape index (κ2) is 5.47. The van der Waals surface area contributed by atoms with Gasteiger partial charge >= 0.3 is 5.97 Å². The Morgan fingerprint density at radius 2 is 2.25 bits per heavy atom. The predicted molar refractivity (Wildman–Crippen MR) is 73.3 cm³/mol. The molecular formula is C15H24O5. The molecule has 5 heteroatoms. The summed E-state index contributed by atoms with van der Waals surface area (Å²) in [4.78, 5) is 10.9. The van der Waals surface area contributed by atoms with E-state index < -0.39 is 11.6 Å². The van der Waals surface area contributed by atoms with Gasteiger partial charge in [0.1, 0.15) is 5.60 Å². The van der Waals surface area contributed by atoms with Crippen LogP contribution in [0.1, 0.15) is 46.0 Å². The number of ether oxygens (including phenoxy) is 1. The molecule has 1 fully saturated rings. The second-order valence-electron chi connectivity index (χ2n) is 6.48. The highest BCUT2D eigenvalue weighted by molar-refractivity contribution is 5.86. The summed E-state index contributed by atoms with van der Waals surface area (Å²) in [5.41, 5.74) is -1.07. The van der Waals surface area contributed by atoms with Gasteiger partial charge in [0.05, 0.1) is 18.3 Å². The van der Waals surface area contributed by atoms with E-state index in [4.69, 9.17) is 9.84 Å². The normalized spacial score (nSPS) is 37.3. The molecule has 20 heavy (non-hydrogen) atoms. The lowest BCUT2D eigenvalue weighted by atomic mass is 9.77. The molecule has 0 unspecified atom stereocenters. The van der Waals surface area contributed by atoms with E-state index >= 15 is 0 Å². The van der Waals surface area contributed by atoms with Gasteiger partial charge < -0.3 is 20.1 Å². The lowest BCUT2D eigenvalue weighted by molar-refractivity contribution is -0.155. The van der Waals surface area contributed by atoms with Crippen molar-refractivity contribution in [3.63, 3.8) is 0 Å². The highest BCUT2D eigenvalue weighted by atomic mass is 16.5. The van der Waals surface area contributed by atoms with Gasteiger partial charge in [0.25, 0.3) is 0 Å². The first kappa shape index (κ1) is 15.5. The minimum atomic E-state index is -1.21. The average molecular weight is 284 g/mol. The molecule has 0 bridgehead atoms. The Labute approximate surface area is 119 Å². The van der Waals surface area contributed by atoms with Crippen LogP contribution in [0, 0.1) is 5.92 Å². The summed E-state index contributed by atoms with van der Waals surface area (Å²) in [6, 6.07) is 0. The van der Waals surface area contributed by atoms with Crippen molar-refractivity contribution in [2.24, 2.45) is 5.92 Å². The number of carboxylic acid groups (broad SMARTS) is 1. The number of hydrogen-bond acceptors (Lipinski definition) is 4. The highest BCUT2D eigenvalue weighted by Crippen LogP contribution is 2.44. The fourth-order valence-corrected chi connectivity index (χ4v) is 3.28. The van der Waals surface area contributed by atoms with E-state index in [9.17, 15) is 15.0 Å². The Morgan fingerprint density at radius 3 is 2.75 bits per heavy atom. The van der Waals surface area contributed by atoms with Gasteiger partial charge in [-0.2, -0.15) is 0 Å². The minimum Gasteiger partial charge on any atom is -0.478 e. The van der Waals surface area contributed by atoms with Gasteiger partial charge in [-0.15, -0.1) is 0 Å². The molecule has 0 amide bonds. The Balaban J connectivity index is 2.02. The van der Waals surface area contributed by atoms with Gasteiger partial charge in [-0.3, -0.25) is 0 Å². The monoisotopic (exact) mass is 284 g/mol. The molecule has 3 N–H and O–H groups in total. The van der Waals surface area contributed by atoms with Gasteiger partial charge in [0, 0.05) is 5.57 Å². The van der Waals surface area contributed by atoms with Crippen LogP contribution in [0.25, 0.3) is 0 Å². The van der Waals surface area contributed by atoms with Crippen molar-refractivity contribution in [2.75, 3.05) is 6.61 Å². The zero-order valence-electron chi connectivity index (χ0n) is 12.1. The third-order valence-electron chi connectivity index (χ3n) is 4.88. The Morgan fingerprint density at radius 1 is 1.55 bits per heavy atom. The summed E-state index contributed by atoms with van der Waals surface area (Å²) in [5.74, 6) is -0.563. The topological polar surface area (TPSA) is 87.0 Å². The SMILES string of the molecule is C[C@](O)(CO)[C@@H]1CC[C@@](C)([C@@H]2CC=C(C(=O)O)CC2)O1. The van der Waals surface area contributed by atoms with Crippen molar-refractivity contribution in [3.8, 4) is 0 Å². The maximum Gasteiger partial charge on any atom is 0.331 e. The fraction of sp³-hybridized carbons (Fsp3) is 0.800. The molecular weight excluding hydrogens is 260 g/mol. The van der Waals surface area contributed by atoms with Crippen molar-refractivity contribution in [1.82, 2.24) is 0 Å². The standard InChI is InChI=1S/C15H24O5/c1-14(19,9-16)12-7-8-15(2,20-12)11-5-3-10(4-6-11)13(17)18/h3,11-12,16,19H,4-9H2,1-2H3,(H,17,18)/t11-,12+,14+,15+/m1/s1. The van der Waals surface area contributed by atoms with Gasteiger partial charge in [0.15, 0.2) is 0 Å². The van der Waals surface area contributed by atoms with E-state index in [-0.39, 0.29) is 24.2 Å². The van der Waals surface area contributed by atoms with Crippen LogP contribution in [-0.2, 0) is 9.53 Å². The van der Waals surface area contributed by atoms with Crippen molar-refractivity contribution in [2.45, 2.75) is 63.3 Å². The molecule has 1 aliphatic carbocycles. The Kier molecular flexibility index (Phi) is 4.23. The number of carboxylic acids is 1. The lowest BCUT2D eigenvalue weighted by Crippen LogP contribution is -2.45. The average Bonchev–Trinajstić information content (AvgIpc) is 2.83. The van der Waals surface area contributed by atoms with Gasteiger partial charge in [0.2, 0.25) is 0 Å². The minimum absolute atomic E-state index is 0.269. The first-order valence-electron chi connectivity index (χ1n) is 7.22. The van der Waals surface area contributed by atoms with Crippen LogP contribution in [0.15, 0.2) is 11.6 Å². The summed E-state index contributed by atoms with van der Waals surface area (Å²) in [6.45, 7) is 3.30. The largest absolute Gasteiger partial charge is 0.478 e. The van der Waals surface area contributed by atoms with E-state index in [1.54, 1.807) is 13.0 Å². The Hall–Kier alpha value is -0.910. The van der Waals surface area contributed by atoms with Crippen LogP contribution < -0.4 is 0 Å². The van der Waals surface area contributed by atoms with Gasteiger partial charge in [-0.1, -0.05) is 6.08 Å². The maximum atomic E-state index is 10.9. The van der Waals surface area contributed by atoms with Crippen LogP contribution in [0.5, 0.6) is 0 Å². The fourth-order valence-electron chi connectivity index (χ4n) is 3.28. The number of aliphatic hydroxyl groups excluding tert-OH is 1. The molecule has 1 aliphatic heterocycles. The van der Waals surface area contributed by atoms with Gasteiger partial charge in [-0.05, 0) is 51.9 Å². The quantitative estimate of drug-likeness (QED) is 0.728. The zero-order chi connectivity index (χ0) is 15.0. The second-order valence-corrected chi connectivity index (χ2v) is 6.48. The molecule has 0 radical (unpaired) electrons. The molecule has 2 rings (SSSR count). The van der Waals surface area contributed by atoms with Crippen LogP contribution in [0.4, 0.5) is 0 Å². The number of aliphatic carboxylic acids is 1.